The zero-order valence-corrected chi connectivity index (χ0v) is 19.9. The van der Waals surface area contributed by atoms with Crippen LogP contribution in [0.3, 0.4) is 0 Å². The number of fused-ring (bicyclic) bond motifs is 1. The van der Waals surface area contributed by atoms with Crippen LogP contribution in [0.15, 0.2) is 12.1 Å². The molecule has 1 aliphatic carbocycles. The van der Waals surface area contributed by atoms with Crippen LogP contribution in [-0.2, 0) is 14.4 Å². The Balaban J connectivity index is 1.80. The van der Waals surface area contributed by atoms with E-state index in [0.29, 0.717) is 30.5 Å². The summed E-state index contributed by atoms with van der Waals surface area (Å²) in [7, 11) is 0. The zero-order valence-electron chi connectivity index (χ0n) is 19.9. The molecule has 2 heterocycles. The van der Waals surface area contributed by atoms with Crippen LogP contribution in [0.1, 0.15) is 81.0 Å². The molecule has 0 aromatic heterocycles. The Hall–Kier alpha value is -2.41. The first kappa shape index (κ1) is 23.7. The van der Waals surface area contributed by atoms with Crippen molar-refractivity contribution in [3.8, 4) is 5.75 Å². The predicted molar refractivity (Wildman–Crippen MR) is 124 cm³/mol. The molecule has 3 fully saturated rings. The summed E-state index contributed by atoms with van der Waals surface area (Å²) in [5.41, 5.74) is 0.624. The number of hydrogen-bond donors (Lipinski definition) is 3. The molecule has 180 valence electrons. The lowest BCUT2D eigenvalue weighted by molar-refractivity contribution is -0.152. The maximum Gasteiger partial charge on any atom is 0.324 e. The highest BCUT2D eigenvalue weighted by molar-refractivity contribution is 6.09. The number of aromatic hydroxyl groups is 1. The standard InChI is InChI=1S/C26H36N2O5/c1-4-5-11-28-23(30)19-20(24(28)31)26(25(32)33,14-17-9-7-6-8-10-17)27-21(19)18-12-15(2)22(29)16(3)13-18/h12-13,17,19-21,27,29H,4-11,14H2,1-3H3,(H,32,33). The number of phenolic OH excluding ortho intramolecular Hbond substituents is 1. The predicted octanol–water partition coefficient (Wildman–Crippen LogP) is 3.85. The van der Waals surface area contributed by atoms with Gasteiger partial charge in [-0.15, -0.1) is 0 Å². The number of phenols is 1. The van der Waals surface area contributed by atoms with Crippen molar-refractivity contribution in [3.63, 3.8) is 0 Å². The number of carboxylic acids is 1. The smallest absolute Gasteiger partial charge is 0.324 e. The summed E-state index contributed by atoms with van der Waals surface area (Å²) in [5.74, 6) is -2.92. The van der Waals surface area contributed by atoms with E-state index < -0.39 is 29.4 Å². The van der Waals surface area contributed by atoms with Gasteiger partial charge in [0.1, 0.15) is 11.3 Å². The van der Waals surface area contributed by atoms with E-state index in [0.717, 1.165) is 44.1 Å². The van der Waals surface area contributed by atoms with E-state index in [-0.39, 0.29) is 23.5 Å². The Morgan fingerprint density at radius 3 is 2.33 bits per heavy atom. The monoisotopic (exact) mass is 456 g/mol. The molecule has 4 unspecified atom stereocenters. The van der Waals surface area contributed by atoms with Crippen molar-refractivity contribution >= 4 is 17.8 Å². The second kappa shape index (κ2) is 9.09. The number of aryl methyl sites for hydroxylation is 2. The third-order valence-corrected chi connectivity index (χ3v) is 8.07. The first-order chi connectivity index (χ1) is 15.7. The van der Waals surface area contributed by atoms with Crippen LogP contribution in [0.5, 0.6) is 5.75 Å². The van der Waals surface area contributed by atoms with Crippen LogP contribution in [0.2, 0.25) is 0 Å². The largest absolute Gasteiger partial charge is 0.507 e. The van der Waals surface area contributed by atoms with Gasteiger partial charge in [0.2, 0.25) is 11.8 Å². The SMILES string of the molecule is CCCCN1C(=O)C2C(c3cc(C)c(O)c(C)c3)NC(CC3CCCCC3)(C(=O)O)C2C1=O. The number of hydrogen-bond acceptors (Lipinski definition) is 5. The summed E-state index contributed by atoms with van der Waals surface area (Å²) in [6.45, 7) is 5.92. The van der Waals surface area contributed by atoms with Gasteiger partial charge in [0, 0.05) is 12.6 Å². The first-order valence-corrected chi connectivity index (χ1v) is 12.4. The van der Waals surface area contributed by atoms with Gasteiger partial charge in [0.15, 0.2) is 0 Å². The minimum atomic E-state index is -1.47. The molecule has 2 saturated heterocycles. The Bertz CT molecular complexity index is 931. The number of imide groups is 1. The molecular formula is C26H36N2O5. The fourth-order valence-electron chi connectivity index (χ4n) is 6.37. The molecule has 2 aliphatic heterocycles. The summed E-state index contributed by atoms with van der Waals surface area (Å²) < 4.78 is 0. The Labute approximate surface area is 195 Å². The molecular weight excluding hydrogens is 420 g/mol. The molecule has 2 amide bonds. The van der Waals surface area contributed by atoms with Crippen molar-refractivity contribution in [2.24, 2.45) is 17.8 Å². The van der Waals surface area contributed by atoms with Crippen molar-refractivity contribution in [3.05, 3.63) is 28.8 Å². The number of carboxylic acid groups (broad SMARTS) is 1. The molecule has 4 rings (SSSR count). The lowest BCUT2D eigenvalue weighted by Gasteiger charge is -2.35. The number of rotatable bonds is 7. The van der Waals surface area contributed by atoms with Gasteiger partial charge in [-0.2, -0.15) is 0 Å². The van der Waals surface area contributed by atoms with Crippen molar-refractivity contribution in [2.45, 2.75) is 83.7 Å². The molecule has 1 aromatic carbocycles. The van der Waals surface area contributed by atoms with E-state index in [1.165, 1.54) is 4.90 Å². The molecule has 0 radical (unpaired) electrons. The number of carbonyl (C=O) groups excluding carboxylic acids is 2. The highest BCUT2D eigenvalue weighted by Crippen LogP contribution is 2.52. The average Bonchev–Trinajstić information content (AvgIpc) is 3.25. The molecule has 3 N–H and O–H groups in total. The second-order valence-electron chi connectivity index (χ2n) is 10.3. The molecule has 0 spiro atoms. The summed E-state index contributed by atoms with van der Waals surface area (Å²) in [4.78, 5) is 41.3. The third kappa shape index (κ3) is 3.94. The molecule has 7 heteroatoms. The minimum Gasteiger partial charge on any atom is -0.507 e. The van der Waals surface area contributed by atoms with Crippen LogP contribution in [0, 0.1) is 31.6 Å². The van der Waals surface area contributed by atoms with E-state index >= 15 is 0 Å². The summed E-state index contributed by atoms with van der Waals surface area (Å²) in [5, 5.41) is 24.1. The molecule has 0 bridgehead atoms. The van der Waals surface area contributed by atoms with Gasteiger partial charge in [-0.05, 0) is 49.3 Å². The highest BCUT2D eigenvalue weighted by Gasteiger charge is 2.68. The summed E-state index contributed by atoms with van der Waals surface area (Å²) >= 11 is 0. The fourth-order valence-corrected chi connectivity index (χ4v) is 6.37. The van der Waals surface area contributed by atoms with Crippen LogP contribution in [0.4, 0.5) is 0 Å². The summed E-state index contributed by atoms with van der Waals surface area (Å²) in [6, 6.07) is 3.03. The number of carbonyl (C=O) groups is 3. The minimum absolute atomic E-state index is 0.193. The maximum absolute atomic E-state index is 13.6. The fraction of sp³-hybridized carbons (Fsp3) is 0.654. The van der Waals surface area contributed by atoms with Crippen molar-refractivity contribution in [1.82, 2.24) is 10.2 Å². The van der Waals surface area contributed by atoms with Crippen LogP contribution < -0.4 is 5.32 Å². The van der Waals surface area contributed by atoms with Gasteiger partial charge >= 0.3 is 5.97 Å². The van der Waals surface area contributed by atoms with Crippen molar-refractivity contribution in [2.75, 3.05) is 6.54 Å². The van der Waals surface area contributed by atoms with Crippen LogP contribution >= 0.6 is 0 Å². The van der Waals surface area contributed by atoms with Gasteiger partial charge in [-0.1, -0.05) is 57.6 Å². The van der Waals surface area contributed by atoms with Gasteiger partial charge in [0.05, 0.1) is 11.8 Å². The maximum atomic E-state index is 13.6. The molecule has 1 aromatic rings. The van der Waals surface area contributed by atoms with Crippen molar-refractivity contribution in [1.29, 1.82) is 0 Å². The lowest BCUT2D eigenvalue weighted by atomic mass is 9.72. The van der Waals surface area contributed by atoms with E-state index in [1.807, 2.05) is 19.1 Å². The highest BCUT2D eigenvalue weighted by atomic mass is 16.4. The van der Waals surface area contributed by atoms with E-state index in [1.54, 1.807) is 13.8 Å². The van der Waals surface area contributed by atoms with Crippen LogP contribution in [0.25, 0.3) is 0 Å². The van der Waals surface area contributed by atoms with Crippen molar-refractivity contribution < 1.29 is 24.6 Å². The lowest BCUT2D eigenvalue weighted by Crippen LogP contribution is -2.56. The van der Waals surface area contributed by atoms with Gasteiger partial charge in [-0.3, -0.25) is 24.6 Å². The molecule has 1 saturated carbocycles. The van der Waals surface area contributed by atoms with E-state index in [4.69, 9.17) is 0 Å². The Morgan fingerprint density at radius 1 is 1.12 bits per heavy atom. The number of nitrogens with one attached hydrogen (secondary N) is 1. The third-order valence-electron chi connectivity index (χ3n) is 8.07. The average molecular weight is 457 g/mol. The molecule has 4 atom stereocenters. The number of aliphatic carboxylic acids is 1. The first-order valence-electron chi connectivity index (χ1n) is 12.4. The second-order valence-corrected chi connectivity index (χ2v) is 10.3. The normalized spacial score (nSPS) is 30.2. The topological polar surface area (TPSA) is 107 Å². The number of amides is 2. The van der Waals surface area contributed by atoms with E-state index in [2.05, 4.69) is 5.32 Å². The number of nitrogens with zero attached hydrogens (tertiary/aromatic N) is 1. The van der Waals surface area contributed by atoms with Gasteiger partial charge in [-0.25, -0.2) is 0 Å². The Kier molecular flexibility index (Phi) is 6.54. The summed E-state index contributed by atoms with van der Waals surface area (Å²) in [6.07, 6.45) is 7.12. The molecule has 7 nitrogen and oxygen atoms in total. The Morgan fingerprint density at radius 2 is 1.76 bits per heavy atom. The quantitative estimate of drug-likeness (QED) is 0.538. The van der Waals surface area contributed by atoms with Gasteiger partial charge < -0.3 is 10.2 Å². The zero-order chi connectivity index (χ0) is 23.9. The number of likely N-dealkylation sites (tertiary alicyclic amines) is 1. The molecule has 33 heavy (non-hydrogen) atoms. The van der Waals surface area contributed by atoms with Crippen LogP contribution in [-0.4, -0.2) is 45.0 Å². The van der Waals surface area contributed by atoms with E-state index in [9.17, 15) is 24.6 Å². The number of unbranched alkanes of at least 4 members (excludes halogenated alkanes) is 1. The molecule has 3 aliphatic rings. The number of benzene rings is 1. The van der Waals surface area contributed by atoms with Gasteiger partial charge in [0.25, 0.3) is 0 Å².